The molecule has 1 N–H and O–H groups in total. The summed E-state index contributed by atoms with van der Waals surface area (Å²) in [7, 11) is 0. The fraction of sp³-hybridized carbons (Fsp3) is 0.296. The van der Waals surface area contributed by atoms with Crippen molar-refractivity contribution >= 4 is 17.4 Å². The second kappa shape index (κ2) is 9.92. The highest BCUT2D eigenvalue weighted by atomic mass is 16.5. The van der Waals surface area contributed by atoms with E-state index >= 15 is 0 Å². The van der Waals surface area contributed by atoms with Gasteiger partial charge in [0.05, 0.1) is 30.3 Å². The van der Waals surface area contributed by atoms with Gasteiger partial charge in [0.25, 0.3) is 5.91 Å². The van der Waals surface area contributed by atoms with Gasteiger partial charge in [0.15, 0.2) is 0 Å². The summed E-state index contributed by atoms with van der Waals surface area (Å²) < 4.78 is 5.40. The van der Waals surface area contributed by atoms with Crippen molar-refractivity contribution in [2.24, 2.45) is 0 Å². The Kier molecular flexibility index (Phi) is 6.77. The van der Waals surface area contributed by atoms with Crippen LogP contribution in [0.1, 0.15) is 41.0 Å². The number of ether oxygens (including phenoxy) is 1. The molecular weight excluding hydrogens is 440 g/mol. The number of morpholine rings is 1. The Bertz CT molecular complexity index is 1350. The van der Waals surface area contributed by atoms with E-state index in [0.29, 0.717) is 43.4 Å². The lowest BCUT2D eigenvalue weighted by Crippen LogP contribution is -2.37. The van der Waals surface area contributed by atoms with E-state index in [1.165, 1.54) is 6.20 Å². The molecule has 0 saturated carbocycles. The molecule has 2 aromatic heterocycles. The number of benzene rings is 1. The first-order valence-electron chi connectivity index (χ1n) is 11.4. The highest BCUT2D eigenvalue weighted by molar-refractivity contribution is 6.03. The summed E-state index contributed by atoms with van der Waals surface area (Å²) >= 11 is 0. The van der Waals surface area contributed by atoms with E-state index in [2.05, 4.69) is 32.3 Å². The van der Waals surface area contributed by atoms with Crippen LogP contribution >= 0.6 is 0 Å². The molecule has 0 bridgehead atoms. The molecule has 0 spiro atoms. The summed E-state index contributed by atoms with van der Waals surface area (Å²) in [4.78, 5) is 23.7. The molecule has 3 heterocycles. The third kappa shape index (κ3) is 5.13. The molecule has 4 rings (SSSR count). The number of nitrogens with one attached hydrogen (secondary N) is 1. The molecule has 35 heavy (non-hydrogen) atoms. The first-order chi connectivity index (χ1) is 16.8. The van der Waals surface area contributed by atoms with Crippen molar-refractivity contribution in [3.63, 3.8) is 0 Å². The molecule has 0 unspecified atom stereocenters. The van der Waals surface area contributed by atoms with E-state index < -0.39 is 5.41 Å². The highest BCUT2D eigenvalue weighted by Gasteiger charge is 2.22. The SMILES string of the molecule is Cc1ccc(NC(=O)c2cc(C(C)(C)C#N)ccn2)cc1-c1cnc(N2CCOCC2)c(C#N)c1. The lowest BCUT2D eigenvalue weighted by Gasteiger charge is -2.28. The van der Waals surface area contributed by atoms with Crippen molar-refractivity contribution in [3.8, 4) is 23.3 Å². The van der Waals surface area contributed by atoms with Crippen molar-refractivity contribution in [2.75, 3.05) is 36.5 Å². The Morgan fingerprint density at radius 2 is 1.89 bits per heavy atom. The molecule has 176 valence electrons. The minimum absolute atomic E-state index is 0.233. The number of aryl methyl sites for hydroxylation is 1. The van der Waals surface area contributed by atoms with E-state index in [1.54, 1.807) is 32.2 Å². The van der Waals surface area contributed by atoms with Crippen LogP contribution in [0.5, 0.6) is 0 Å². The van der Waals surface area contributed by atoms with Crippen molar-refractivity contribution in [3.05, 3.63) is 71.2 Å². The fourth-order valence-corrected chi connectivity index (χ4v) is 3.93. The highest BCUT2D eigenvalue weighted by Crippen LogP contribution is 2.30. The molecule has 0 aliphatic carbocycles. The number of hydrogen-bond donors (Lipinski definition) is 1. The standard InChI is InChI=1S/C27H26N6O2/c1-18-4-5-22(32-26(34)24-13-21(6-7-30-24)27(2,3)17-29)14-23(18)20-12-19(15-28)25(31-16-20)33-8-10-35-11-9-33/h4-7,12-14,16H,8-11H2,1-3H3,(H,32,34). The Balaban J connectivity index is 1.60. The number of nitrogens with zero attached hydrogens (tertiary/aromatic N) is 5. The van der Waals surface area contributed by atoms with Gasteiger partial charge in [0, 0.05) is 36.7 Å². The van der Waals surface area contributed by atoms with E-state index in [1.807, 2.05) is 31.2 Å². The van der Waals surface area contributed by atoms with Crippen molar-refractivity contribution in [1.82, 2.24) is 9.97 Å². The minimum Gasteiger partial charge on any atom is -0.378 e. The minimum atomic E-state index is -0.728. The van der Waals surface area contributed by atoms with Crippen molar-refractivity contribution in [2.45, 2.75) is 26.2 Å². The predicted octanol–water partition coefficient (Wildman–Crippen LogP) is 4.21. The molecule has 8 heteroatoms. The molecular formula is C27H26N6O2. The maximum absolute atomic E-state index is 12.9. The van der Waals surface area contributed by atoms with Gasteiger partial charge in [-0.1, -0.05) is 6.07 Å². The largest absolute Gasteiger partial charge is 0.378 e. The zero-order valence-corrected chi connectivity index (χ0v) is 20.0. The zero-order chi connectivity index (χ0) is 25.0. The second-order valence-electron chi connectivity index (χ2n) is 8.96. The van der Waals surface area contributed by atoms with Crippen LogP contribution in [0.4, 0.5) is 11.5 Å². The zero-order valence-electron chi connectivity index (χ0n) is 20.0. The maximum Gasteiger partial charge on any atom is 0.274 e. The van der Waals surface area contributed by atoms with Gasteiger partial charge in [-0.2, -0.15) is 10.5 Å². The molecule has 1 fully saturated rings. The third-order valence-electron chi connectivity index (χ3n) is 6.10. The molecule has 8 nitrogen and oxygen atoms in total. The first-order valence-corrected chi connectivity index (χ1v) is 11.4. The molecule has 0 atom stereocenters. The van der Waals surface area contributed by atoms with E-state index in [4.69, 9.17) is 4.74 Å². The first kappa shape index (κ1) is 23.9. The number of carbonyl (C=O) groups is 1. The Hall–Kier alpha value is -4.27. The summed E-state index contributed by atoms with van der Waals surface area (Å²) in [5.74, 6) is 0.293. The van der Waals surface area contributed by atoms with Crippen LogP contribution in [0.2, 0.25) is 0 Å². The lowest BCUT2D eigenvalue weighted by molar-refractivity contribution is 0.102. The summed E-state index contributed by atoms with van der Waals surface area (Å²) in [6, 6.07) is 15.3. The number of nitriles is 2. The van der Waals surface area contributed by atoms with Gasteiger partial charge >= 0.3 is 0 Å². The molecule has 1 aromatic carbocycles. The molecule has 1 saturated heterocycles. The summed E-state index contributed by atoms with van der Waals surface area (Å²) in [6.45, 7) is 8.18. The molecule has 1 amide bonds. The van der Waals surface area contributed by atoms with Crippen LogP contribution in [0.3, 0.4) is 0 Å². The number of aromatic nitrogens is 2. The fourth-order valence-electron chi connectivity index (χ4n) is 3.93. The number of carbonyl (C=O) groups excluding carboxylic acids is 1. The molecule has 3 aromatic rings. The number of rotatable bonds is 5. The Labute approximate surface area is 204 Å². The van der Waals surface area contributed by atoms with Gasteiger partial charge in [0.1, 0.15) is 17.6 Å². The van der Waals surface area contributed by atoms with Crippen LogP contribution in [-0.2, 0) is 10.2 Å². The number of pyridine rings is 2. The average Bonchev–Trinajstić information content (AvgIpc) is 2.90. The van der Waals surface area contributed by atoms with Gasteiger partial charge in [-0.15, -0.1) is 0 Å². The summed E-state index contributed by atoms with van der Waals surface area (Å²) in [5, 5.41) is 22.0. The molecule has 1 aliphatic rings. The number of anilines is 2. The normalized spacial score (nSPS) is 13.6. The van der Waals surface area contributed by atoms with Crippen LogP contribution in [0.25, 0.3) is 11.1 Å². The average molecular weight is 467 g/mol. The maximum atomic E-state index is 12.9. The summed E-state index contributed by atoms with van der Waals surface area (Å²) in [6.07, 6.45) is 3.30. The Morgan fingerprint density at radius 1 is 1.11 bits per heavy atom. The van der Waals surface area contributed by atoms with Crippen molar-refractivity contribution in [1.29, 1.82) is 10.5 Å². The van der Waals surface area contributed by atoms with Gasteiger partial charge < -0.3 is 15.0 Å². The number of hydrogen-bond acceptors (Lipinski definition) is 7. The quantitative estimate of drug-likeness (QED) is 0.599. The van der Waals surface area contributed by atoms with Crippen LogP contribution in [0.15, 0.2) is 48.8 Å². The lowest BCUT2D eigenvalue weighted by atomic mass is 9.86. The van der Waals surface area contributed by atoms with Crippen molar-refractivity contribution < 1.29 is 9.53 Å². The second-order valence-corrected chi connectivity index (χ2v) is 8.96. The molecule has 1 aliphatic heterocycles. The topological polar surface area (TPSA) is 115 Å². The number of amides is 1. The van der Waals surface area contributed by atoms with E-state index in [0.717, 1.165) is 22.3 Å². The molecule has 0 radical (unpaired) electrons. The predicted molar refractivity (Wildman–Crippen MR) is 133 cm³/mol. The summed E-state index contributed by atoms with van der Waals surface area (Å²) in [5.41, 5.74) is 3.97. The van der Waals surface area contributed by atoms with Crippen LogP contribution in [-0.4, -0.2) is 42.2 Å². The van der Waals surface area contributed by atoms with E-state index in [9.17, 15) is 15.3 Å². The van der Waals surface area contributed by atoms with Gasteiger partial charge in [-0.25, -0.2) is 4.98 Å². The van der Waals surface area contributed by atoms with Gasteiger partial charge in [-0.3, -0.25) is 9.78 Å². The third-order valence-corrected chi connectivity index (χ3v) is 6.10. The smallest absolute Gasteiger partial charge is 0.274 e. The van der Waals surface area contributed by atoms with Crippen LogP contribution < -0.4 is 10.2 Å². The van der Waals surface area contributed by atoms with Gasteiger partial charge in [0.2, 0.25) is 0 Å². The Morgan fingerprint density at radius 3 is 2.60 bits per heavy atom. The van der Waals surface area contributed by atoms with Gasteiger partial charge in [-0.05, 0) is 67.8 Å². The van der Waals surface area contributed by atoms with Crippen LogP contribution in [0, 0.1) is 29.6 Å². The monoisotopic (exact) mass is 466 g/mol. The van der Waals surface area contributed by atoms with E-state index in [-0.39, 0.29) is 11.6 Å².